The fraction of sp³-hybridized carbons (Fsp3) is 0.208. The Balaban J connectivity index is 2.07. The molecular formula is C24H16BrCl2F3N2O4S. The van der Waals surface area contributed by atoms with E-state index in [1.165, 1.54) is 44.4 Å². The number of hydrogen-bond donors (Lipinski definition) is 0. The third kappa shape index (κ3) is 5.36. The summed E-state index contributed by atoms with van der Waals surface area (Å²) in [4.78, 5) is 30.0. The molecule has 1 aliphatic rings. The highest BCUT2D eigenvalue weighted by Crippen LogP contribution is 2.38. The molecule has 0 unspecified atom stereocenters. The normalized spacial score (nSPS) is 15.9. The number of nitrogens with zero attached hydrogens (tertiary/aromatic N) is 2. The SMILES string of the molecule is CCOC(=O)C1=C(C(F)(F)F)N=c2s/c(=C\c3cc(Cl)cc(Br)c3OC)c(=O)n2[C@@H]1c1ccc(Cl)cc1. The average Bonchev–Trinajstić information content (AvgIpc) is 3.13. The van der Waals surface area contributed by atoms with Gasteiger partial charge in [0.25, 0.3) is 5.56 Å². The van der Waals surface area contributed by atoms with Gasteiger partial charge in [0.05, 0.1) is 34.3 Å². The molecule has 2 aromatic carbocycles. The van der Waals surface area contributed by atoms with Gasteiger partial charge in [-0.1, -0.05) is 46.7 Å². The lowest BCUT2D eigenvalue weighted by Crippen LogP contribution is -2.41. The standard InChI is InChI=1S/C24H16BrCl2F3N2O4S/c1-3-36-22(34)17-18(11-4-6-13(26)7-5-11)32-21(33)16(37-23(32)31-20(17)24(28,29)30)9-12-8-14(27)10-15(25)19(12)35-2/h4-10,18H,3H2,1-2H3/b16-9-/t18-/m1/s1. The number of carbonyl (C=O) groups is 1. The van der Waals surface area contributed by atoms with Crippen molar-refractivity contribution >= 4 is 62.5 Å². The zero-order valence-electron chi connectivity index (χ0n) is 19.0. The maximum absolute atomic E-state index is 14.2. The fourth-order valence-corrected chi connectivity index (χ4v) is 5.96. The van der Waals surface area contributed by atoms with Gasteiger partial charge in [-0.25, -0.2) is 9.79 Å². The van der Waals surface area contributed by atoms with E-state index in [1.807, 2.05) is 0 Å². The maximum Gasteiger partial charge on any atom is 0.434 e. The van der Waals surface area contributed by atoms with E-state index < -0.39 is 35.0 Å². The summed E-state index contributed by atoms with van der Waals surface area (Å²) in [7, 11) is 1.43. The van der Waals surface area contributed by atoms with Crippen LogP contribution >= 0.6 is 50.5 Å². The van der Waals surface area contributed by atoms with E-state index in [-0.39, 0.29) is 21.5 Å². The molecule has 0 spiro atoms. The van der Waals surface area contributed by atoms with E-state index in [4.69, 9.17) is 32.7 Å². The first kappa shape index (κ1) is 27.4. The Kier molecular flexibility index (Phi) is 7.89. The van der Waals surface area contributed by atoms with Crippen LogP contribution in [-0.2, 0) is 9.53 Å². The number of allylic oxidation sites excluding steroid dienone is 1. The summed E-state index contributed by atoms with van der Waals surface area (Å²) in [5.41, 5.74) is -2.25. The number of fused-ring (bicyclic) bond motifs is 1. The van der Waals surface area contributed by atoms with Crippen LogP contribution in [-0.4, -0.2) is 30.4 Å². The summed E-state index contributed by atoms with van der Waals surface area (Å²) in [5, 5.41) is 0.669. The van der Waals surface area contributed by atoms with Gasteiger partial charge in [0, 0.05) is 15.6 Å². The van der Waals surface area contributed by atoms with E-state index in [2.05, 4.69) is 20.9 Å². The molecule has 3 aromatic rings. The number of rotatable bonds is 5. The zero-order chi connectivity index (χ0) is 27.1. The fourth-order valence-electron chi connectivity index (χ4n) is 3.84. The molecule has 37 heavy (non-hydrogen) atoms. The highest BCUT2D eigenvalue weighted by molar-refractivity contribution is 9.10. The molecule has 0 N–H and O–H groups in total. The molecule has 1 atom stereocenters. The molecule has 0 amide bonds. The van der Waals surface area contributed by atoms with E-state index in [9.17, 15) is 22.8 Å². The van der Waals surface area contributed by atoms with Crippen molar-refractivity contribution in [3.05, 3.63) is 93.0 Å². The van der Waals surface area contributed by atoms with Crippen LogP contribution in [0.1, 0.15) is 24.1 Å². The lowest BCUT2D eigenvalue weighted by atomic mass is 9.95. The van der Waals surface area contributed by atoms with Gasteiger partial charge in [0.1, 0.15) is 5.75 Å². The van der Waals surface area contributed by atoms with Crippen LogP contribution in [0, 0.1) is 0 Å². The Morgan fingerprint density at radius 3 is 2.49 bits per heavy atom. The Morgan fingerprint density at radius 1 is 1.22 bits per heavy atom. The van der Waals surface area contributed by atoms with E-state index >= 15 is 0 Å². The molecular weight excluding hydrogens is 620 g/mol. The van der Waals surface area contributed by atoms with Crippen molar-refractivity contribution in [1.82, 2.24) is 4.57 Å². The lowest BCUT2D eigenvalue weighted by molar-refractivity contribution is -0.140. The second kappa shape index (κ2) is 10.6. The molecule has 0 saturated heterocycles. The van der Waals surface area contributed by atoms with Crippen molar-refractivity contribution in [1.29, 1.82) is 0 Å². The maximum atomic E-state index is 14.2. The number of esters is 1. The number of carbonyl (C=O) groups excluding carboxylic acids is 1. The average molecular weight is 636 g/mol. The minimum Gasteiger partial charge on any atom is -0.495 e. The van der Waals surface area contributed by atoms with Crippen molar-refractivity contribution in [2.24, 2.45) is 4.99 Å². The largest absolute Gasteiger partial charge is 0.495 e. The van der Waals surface area contributed by atoms with E-state index in [1.54, 1.807) is 12.1 Å². The molecule has 0 aliphatic carbocycles. The molecule has 13 heteroatoms. The van der Waals surface area contributed by atoms with Gasteiger partial charge in [-0.2, -0.15) is 13.2 Å². The van der Waals surface area contributed by atoms with Gasteiger partial charge in [-0.15, -0.1) is 0 Å². The first-order valence-corrected chi connectivity index (χ1v) is 12.9. The molecule has 6 nitrogen and oxygen atoms in total. The van der Waals surface area contributed by atoms with Crippen LogP contribution < -0.4 is 19.6 Å². The Morgan fingerprint density at radius 2 is 1.89 bits per heavy atom. The second-order valence-corrected chi connectivity index (χ2v) is 10.4. The number of methoxy groups -OCH3 is 1. The summed E-state index contributed by atoms with van der Waals surface area (Å²) in [5.74, 6) is -0.860. The van der Waals surface area contributed by atoms with Crippen LogP contribution in [0.15, 0.2) is 61.9 Å². The molecule has 194 valence electrons. The third-order valence-corrected chi connectivity index (χ3v) is 7.35. The van der Waals surface area contributed by atoms with Crippen LogP contribution in [0.25, 0.3) is 6.08 Å². The van der Waals surface area contributed by atoms with Crippen molar-refractivity contribution in [2.75, 3.05) is 13.7 Å². The van der Waals surface area contributed by atoms with Crippen LogP contribution in [0.2, 0.25) is 10.0 Å². The highest BCUT2D eigenvalue weighted by Gasteiger charge is 2.45. The highest BCUT2D eigenvalue weighted by atomic mass is 79.9. The van der Waals surface area contributed by atoms with Crippen molar-refractivity contribution in [3.8, 4) is 5.75 Å². The quantitative estimate of drug-likeness (QED) is 0.351. The first-order valence-electron chi connectivity index (χ1n) is 10.5. The van der Waals surface area contributed by atoms with Gasteiger partial charge >= 0.3 is 12.1 Å². The second-order valence-electron chi connectivity index (χ2n) is 7.62. The van der Waals surface area contributed by atoms with Crippen LogP contribution in [0.5, 0.6) is 5.75 Å². The predicted octanol–water partition coefficient (Wildman–Crippen LogP) is 5.42. The van der Waals surface area contributed by atoms with Gasteiger partial charge in [0.15, 0.2) is 10.5 Å². The molecule has 0 radical (unpaired) electrons. The molecule has 1 aromatic heterocycles. The first-order chi connectivity index (χ1) is 17.5. The summed E-state index contributed by atoms with van der Waals surface area (Å²) < 4.78 is 54.5. The molecule has 1 aliphatic heterocycles. The van der Waals surface area contributed by atoms with E-state index in [0.717, 1.165) is 15.9 Å². The van der Waals surface area contributed by atoms with Crippen molar-refractivity contribution < 1.29 is 27.4 Å². The number of benzene rings is 2. The van der Waals surface area contributed by atoms with E-state index in [0.29, 0.717) is 25.8 Å². The summed E-state index contributed by atoms with van der Waals surface area (Å²) >= 11 is 16.2. The Hall–Kier alpha value is -2.60. The summed E-state index contributed by atoms with van der Waals surface area (Å²) in [6, 6.07) is 7.49. The number of aromatic nitrogens is 1. The summed E-state index contributed by atoms with van der Waals surface area (Å²) in [6.07, 6.45) is -3.55. The number of alkyl halides is 3. The minimum atomic E-state index is -5.00. The monoisotopic (exact) mass is 634 g/mol. The van der Waals surface area contributed by atoms with Crippen molar-refractivity contribution in [3.63, 3.8) is 0 Å². The lowest BCUT2D eigenvalue weighted by Gasteiger charge is -2.26. The summed E-state index contributed by atoms with van der Waals surface area (Å²) in [6.45, 7) is 1.30. The van der Waals surface area contributed by atoms with Crippen LogP contribution in [0.3, 0.4) is 0 Å². The van der Waals surface area contributed by atoms with Gasteiger partial charge in [-0.3, -0.25) is 9.36 Å². The predicted molar refractivity (Wildman–Crippen MR) is 138 cm³/mol. The smallest absolute Gasteiger partial charge is 0.434 e. The number of ether oxygens (including phenoxy) is 2. The zero-order valence-corrected chi connectivity index (χ0v) is 22.9. The minimum absolute atomic E-state index is 0.0526. The van der Waals surface area contributed by atoms with Crippen LogP contribution in [0.4, 0.5) is 13.2 Å². The van der Waals surface area contributed by atoms with Gasteiger partial charge in [0.2, 0.25) is 0 Å². The Labute approximate surface area is 230 Å². The van der Waals surface area contributed by atoms with Crippen molar-refractivity contribution in [2.45, 2.75) is 19.1 Å². The third-order valence-electron chi connectivity index (χ3n) is 5.31. The molecule has 0 bridgehead atoms. The topological polar surface area (TPSA) is 69.9 Å². The van der Waals surface area contributed by atoms with Gasteiger partial charge in [-0.05, 0) is 58.8 Å². The molecule has 2 heterocycles. The molecule has 0 saturated carbocycles. The molecule has 0 fully saturated rings. The number of hydrogen-bond acceptors (Lipinski definition) is 6. The molecule has 4 rings (SSSR count). The van der Waals surface area contributed by atoms with Gasteiger partial charge < -0.3 is 9.47 Å². The number of halogens is 6. The number of thiazole rings is 1. The Bertz CT molecular complexity index is 1600.